The van der Waals surface area contributed by atoms with Crippen molar-refractivity contribution in [1.82, 2.24) is 9.88 Å². The van der Waals surface area contributed by atoms with Gasteiger partial charge < -0.3 is 19.2 Å². The van der Waals surface area contributed by atoms with Crippen LogP contribution in [0.3, 0.4) is 0 Å². The molecule has 2 aliphatic rings. The molecule has 1 atom stereocenters. The second-order valence-corrected chi connectivity index (χ2v) is 7.13. The van der Waals surface area contributed by atoms with Gasteiger partial charge in [-0.2, -0.15) is 0 Å². The van der Waals surface area contributed by atoms with Crippen molar-refractivity contribution in [3.05, 3.63) is 24.0 Å². The maximum absolute atomic E-state index is 10.4. The molecule has 0 saturated carbocycles. The van der Waals surface area contributed by atoms with Crippen LogP contribution in [0.25, 0.3) is 0 Å². The molecular weight excluding hydrogens is 295 g/mol. The molecule has 0 radical (unpaired) electrons. The Morgan fingerprint density at radius 2 is 1.74 bits per heavy atom. The van der Waals surface area contributed by atoms with E-state index in [1.54, 1.807) is 6.20 Å². The minimum atomic E-state index is -0.703. The van der Waals surface area contributed by atoms with E-state index in [0.29, 0.717) is 32.0 Å². The fourth-order valence-corrected chi connectivity index (χ4v) is 2.70. The van der Waals surface area contributed by atoms with Crippen LogP contribution in [0, 0.1) is 0 Å². The molecule has 3 rings (SSSR count). The Labute approximate surface area is 137 Å². The van der Waals surface area contributed by atoms with Gasteiger partial charge in [0.2, 0.25) is 0 Å². The van der Waals surface area contributed by atoms with Gasteiger partial charge in [0.25, 0.3) is 0 Å². The van der Waals surface area contributed by atoms with E-state index in [1.165, 1.54) is 0 Å². The Kier molecular flexibility index (Phi) is 4.50. The van der Waals surface area contributed by atoms with Crippen molar-refractivity contribution in [2.75, 3.05) is 26.3 Å². The van der Waals surface area contributed by atoms with Crippen molar-refractivity contribution in [2.24, 2.45) is 0 Å². The quantitative estimate of drug-likeness (QED) is 0.828. The summed E-state index contributed by atoms with van der Waals surface area (Å²) >= 11 is 0. The van der Waals surface area contributed by atoms with Crippen molar-refractivity contribution < 1.29 is 19.2 Å². The molecule has 2 fully saturated rings. The van der Waals surface area contributed by atoms with Gasteiger partial charge in [0.1, 0.15) is 0 Å². The van der Waals surface area contributed by atoms with E-state index in [2.05, 4.69) is 4.98 Å². The Balaban J connectivity index is 1.70. The van der Waals surface area contributed by atoms with Crippen molar-refractivity contribution >= 4 is 12.6 Å². The summed E-state index contributed by atoms with van der Waals surface area (Å²) in [6.07, 6.45) is 1.02. The molecule has 1 N–H and O–H groups in total. The van der Waals surface area contributed by atoms with Crippen molar-refractivity contribution in [3.63, 3.8) is 0 Å². The topological polar surface area (TPSA) is 64.1 Å². The smallest absolute Gasteiger partial charge is 0.399 e. The van der Waals surface area contributed by atoms with Gasteiger partial charge in [0.15, 0.2) is 6.23 Å². The Morgan fingerprint density at radius 3 is 2.26 bits per heavy atom. The largest absolute Gasteiger partial charge is 0.496 e. The van der Waals surface area contributed by atoms with Gasteiger partial charge in [-0.3, -0.25) is 9.88 Å². The number of hydrogen-bond donors (Lipinski definition) is 1. The van der Waals surface area contributed by atoms with Gasteiger partial charge in [-0.25, -0.2) is 0 Å². The molecule has 126 valence electrons. The van der Waals surface area contributed by atoms with E-state index >= 15 is 0 Å². The molecule has 1 aromatic rings. The van der Waals surface area contributed by atoms with Gasteiger partial charge in [-0.1, -0.05) is 6.07 Å². The first kappa shape index (κ1) is 16.9. The molecule has 0 aromatic carbocycles. The third-order valence-electron chi connectivity index (χ3n) is 4.99. The predicted octanol–water partition coefficient (Wildman–Crippen LogP) is 0.704. The minimum absolute atomic E-state index is 0.371. The Bertz CT molecular complexity index is 528. The minimum Gasteiger partial charge on any atom is -0.399 e. The van der Waals surface area contributed by atoms with Crippen LogP contribution in [0.4, 0.5) is 0 Å². The summed E-state index contributed by atoms with van der Waals surface area (Å²) in [4.78, 5) is 6.36. The first-order valence-electron chi connectivity index (χ1n) is 8.11. The van der Waals surface area contributed by atoms with E-state index in [4.69, 9.17) is 14.0 Å². The summed E-state index contributed by atoms with van der Waals surface area (Å²) in [6.45, 7) is 10.8. The van der Waals surface area contributed by atoms with Gasteiger partial charge >= 0.3 is 7.12 Å². The van der Waals surface area contributed by atoms with E-state index in [1.807, 2.05) is 44.7 Å². The lowest BCUT2D eigenvalue weighted by Gasteiger charge is -2.32. The lowest BCUT2D eigenvalue weighted by atomic mass is 9.80. The van der Waals surface area contributed by atoms with E-state index in [-0.39, 0.29) is 11.2 Å². The molecule has 0 aliphatic carbocycles. The van der Waals surface area contributed by atoms with E-state index in [0.717, 1.165) is 5.46 Å². The summed E-state index contributed by atoms with van der Waals surface area (Å²) in [5.41, 5.74) is 0.751. The molecule has 7 heteroatoms. The van der Waals surface area contributed by atoms with Crippen LogP contribution in [0.2, 0.25) is 0 Å². The average molecular weight is 320 g/mol. The fraction of sp³-hybridized carbons (Fsp3) is 0.688. The maximum atomic E-state index is 10.4. The van der Waals surface area contributed by atoms with Gasteiger partial charge in [-0.05, 0) is 33.8 Å². The monoisotopic (exact) mass is 320 g/mol. The summed E-state index contributed by atoms with van der Waals surface area (Å²) in [6, 6.07) is 3.74. The zero-order valence-corrected chi connectivity index (χ0v) is 14.3. The number of aliphatic hydroxyl groups excluding tert-OH is 1. The molecule has 1 aromatic heterocycles. The number of aliphatic hydroxyl groups is 1. The Hall–Kier alpha value is -0.985. The number of morpholine rings is 1. The number of rotatable bonds is 3. The van der Waals surface area contributed by atoms with Crippen LogP contribution >= 0.6 is 0 Å². The highest BCUT2D eigenvalue weighted by atomic mass is 16.7. The SMILES string of the molecule is CC1(C)OB(c2ccc(C(O)N3CCOCC3)nc2)OC1(C)C. The normalized spacial score (nSPS) is 25.5. The molecule has 23 heavy (non-hydrogen) atoms. The van der Waals surface area contributed by atoms with Crippen molar-refractivity contribution in [3.8, 4) is 0 Å². The van der Waals surface area contributed by atoms with Crippen molar-refractivity contribution in [2.45, 2.75) is 45.1 Å². The maximum Gasteiger partial charge on any atom is 0.496 e. The number of ether oxygens (including phenoxy) is 1. The molecule has 1 unspecified atom stereocenters. The molecule has 0 spiro atoms. The van der Waals surface area contributed by atoms with Gasteiger partial charge in [0, 0.05) is 24.7 Å². The number of nitrogens with zero attached hydrogens (tertiary/aromatic N) is 2. The lowest BCUT2D eigenvalue weighted by molar-refractivity contribution is -0.0622. The second-order valence-electron chi connectivity index (χ2n) is 7.13. The average Bonchev–Trinajstić information content (AvgIpc) is 2.76. The number of aromatic nitrogens is 1. The van der Waals surface area contributed by atoms with Crippen LogP contribution in [0.1, 0.15) is 39.6 Å². The van der Waals surface area contributed by atoms with Crippen LogP contribution < -0.4 is 5.46 Å². The lowest BCUT2D eigenvalue weighted by Crippen LogP contribution is -2.41. The highest BCUT2D eigenvalue weighted by Crippen LogP contribution is 2.36. The second kappa shape index (κ2) is 6.14. The standard InChI is InChI=1S/C16H25BN2O4/c1-15(2)16(3,4)23-17(22-15)12-5-6-13(18-11-12)14(20)19-7-9-21-10-8-19/h5-6,11,14,20H,7-10H2,1-4H3. The highest BCUT2D eigenvalue weighted by molar-refractivity contribution is 6.62. The van der Waals surface area contributed by atoms with Crippen LogP contribution in [-0.2, 0) is 14.0 Å². The third kappa shape index (κ3) is 3.30. The number of pyridine rings is 1. The number of hydrogen-bond acceptors (Lipinski definition) is 6. The summed E-state index contributed by atoms with van der Waals surface area (Å²) in [5.74, 6) is 0. The zero-order chi connectivity index (χ0) is 16.7. The molecule has 0 amide bonds. The Morgan fingerprint density at radius 1 is 1.13 bits per heavy atom. The summed E-state index contributed by atoms with van der Waals surface area (Å²) in [7, 11) is -0.429. The zero-order valence-electron chi connectivity index (χ0n) is 14.3. The van der Waals surface area contributed by atoms with Crippen LogP contribution in [0.15, 0.2) is 18.3 Å². The predicted molar refractivity (Wildman–Crippen MR) is 87.3 cm³/mol. The van der Waals surface area contributed by atoms with Crippen LogP contribution in [-0.4, -0.2) is 59.6 Å². The van der Waals surface area contributed by atoms with Gasteiger partial charge in [0.05, 0.1) is 30.1 Å². The van der Waals surface area contributed by atoms with E-state index in [9.17, 15) is 5.11 Å². The molecular formula is C16H25BN2O4. The highest BCUT2D eigenvalue weighted by Gasteiger charge is 2.51. The van der Waals surface area contributed by atoms with Gasteiger partial charge in [-0.15, -0.1) is 0 Å². The molecule has 0 bridgehead atoms. The van der Waals surface area contributed by atoms with Crippen molar-refractivity contribution in [1.29, 1.82) is 0 Å². The first-order valence-corrected chi connectivity index (χ1v) is 8.11. The molecule has 2 saturated heterocycles. The van der Waals surface area contributed by atoms with Crippen LogP contribution in [0.5, 0.6) is 0 Å². The molecule has 6 nitrogen and oxygen atoms in total. The molecule has 3 heterocycles. The third-order valence-corrected chi connectivity index (χ3v) is 4.99. The van der Waals surface area contributed by atoms with E-state index < -0.39 is 13.3 Å². The molecule has 2 aliphatic heterocycles. The first-order chi connectivity index (χ1) is 10.8. The fourth-order valence-electron chi connectivity index (χ4n) is 2.70. The summed E-state index contributed by atoms with van der Waals surface area (Å²) < 4.78 is 17.3. The summed E-state index contributed by atoms with van der Waals surface area (Å²) in [5, 5.41) is 10.4.